The van der Waals surface area contributed by atoms with E-state index in [2.05, 4.69) is 17.4 Å². The molecule has 1 aromatic heterocycles. The Morgan fingerprint density at radius 1 is 1.28 bits per heavy atom. The largest absolute Gasteiger partial charge is 0.309 e. The number of aryl methyl sites for hydroxylation is 1. The maximum atomic E-state index is 13.2. The van der Waals surface area contributed by atoms with Crippen LogP contribution in [0.1, 0.15) is 23.3 Å². The van der Waals surface area contributed by atoms with Crippen molar-refractivity contribution in [3.8, 4) is 10.4 Å². The van der Waals surface area contributed by atoms with Crippen molar-refractivity contribution in [3.63, 3.8) is 0 Å². The van der Waals surface area contributed by atoms with Gasteiger partial charge in [0, 0.05) is 22.3 Å². The Hall–Kier alpha value is -1.19. The first-order valence-electron chi connectivity index (χ1n) is 6.31. The van der Waals surface area contributed by atoms with Gasteiger partial charge in [0.2, 0.25) is 0 Å². The second-order valence-electron chi connectivity index (χ2n) is 4.89. The Morgan fingerprint density at radius 2 is 2.11 bits per heavy atom. The van der Waals surface area contributed by atoms with Gasteiger partial charge in [-0.1, -0.05) is 6.07 Å². The van der Waals surface area contributed by atoms with Gasteiger partial charge in [0.1, 0.15) is 5.82 Å². The van der Waals surface area contributed by atoms with Crippen LogP contribution in [0.4, 0.5) is 4.39 Å². The highest BCUT2D eigenvalue weighted by Crippen LogP contribution is 2.30. The molecule has 1 aromatic carbocycles. The fraction of sp³-hybridized carbons (Fsp3) is 0.333. The van der Waals surface area contributed by atoms with Gasteiger partial charge in [-0.25, -0.2) is 4.39 Å². The Kier molecular flexibility index (Phi) is 3.18. The minimum absolute atomic E-state index is 0.133. The molecule has 3 rings (SSSR count). The van der Waals surface area contributed by atoms with E-state index in [4.69, 9.17) is 0 Å². The van der Waals surface area contributed by atoms with E-state index >= 15 is 0 Å². The van der Waals surface area contributed by atoms with Crippen molar-refractivity contribution >= 4 is 11.3 Å². The van der Waals surface area contributed by atoms with Crippen LogP contribution in [0.25, 0.3) is 10.4 Å². The van der Waals surface area contributed by atoms with Gasteiger partial charge in [-0.3, -0.25) is 0 Å². The standard InChI is InChI=1S/C15H16FNS/c1-10-8-11(2-6-14(10)16)15-7-5-13(18-15)9-17-12-3-4-12/h2,5-8,12,17H,3-4,9H2,1H3. The average Bonchev–Trinajstić information content (AvgIpc) is 3.08. The monoisotopic (exact) mass is 261 g/mol. The molecule has 3 heteroatoms. The van der Waals surface area contributed by atoms with Gasteiger partial charge >= 0.3 is 0 Å². The third-order valence-corrected chi connectivity index (χ3v) is 4.38. The first-order valence-corrected chi connectivity index (χ1v) is 7.12. The van der Waals surface area contributed by atoms with Crippen LogP contribution in [0.15, 0.2) is 30.3 Å². The Morgan fingerprint density at radius 3 is 2.83 bits per heavy atom. The third kappa shape index (κ3) is 2.62. The van der Waals surface area contributed by atoms with Crippen molar-refractivity contribution in [3.05, 3.63) is 46.6 Å². The lowest BCUT2D eigenvalue weighted by Gasteiger charge is -2.01. The molecule has 1 aliphatic rings. The van der Waals surface area contributed by atoms with Crippen molar-refractivity contribution in [2.75, 3.05) is 0 Å². The lowest BCUT2D eigenvalue weighted by molar-refractivity contribution is 0.619. The zero-order chi connectivity index (χ0) is 12.5. The van der Waals surface area contributed by atoms with E-state index in [1.54, 1.807) is 17.4 Å². The van der Waals surface area contributed by atoms with E-state index in [1.165, 1.54) is 22.6 Å². The number of hydrogen-bond donors (Lipinski definition) is 1. The van der Waals surface area contributed by atoms with Crippen LogP contribution < -0.4 is 5.32 Å². The van der Waals surface area contributed by atoms with Gasteiger partial charge in [-0.15, -0.1) is 11.3 Å². The lowest BCUT2D eigenvalue weighted by Crippen LogP contribution is -2.14. The molecule has 1 heterocycles. The van der Waals surface area contributed by atoms with Gasteiger partial charge in [0.25, 0.3) is 0 Å². The van der Waals surface area contributed by atoms with Crippen LogP contribution in [0.2, 0.25) is 0 Å². The average molecular weight is 261 g/mol. The minimum Gasteiger partial charge on any atom is -0.309 e. The molecule has 0 radical (unpaired) electrons. The number of nitrogens with one attached hydrogen (secondary N) is 1. The van der Waals surface area contributed by atoms with E-state index < -0.39 is 0 Å². The van der Waals surface area contributed by atoms with E-state index in [-0.39, 0.29) is 5.82 Å². The SMILES string of the molecule is Cc1cc(-c2ccc(CNC3CC3)s2)ccc1F. The summed E-state index contributed by atoms with van der Waals surface area (Å²) in [5.41, 5.74) is 1.81. The van der Waals surface area contributed by atoms with Gasteiger partial charge in [0.05, 0.1) is 0 Å². The van der Waals surface area contributed by atoms with E-state index in [0.717, 1.165) is 18.2 Å². The topological polar surface area (TPSA) is 12.0 Å². The van der Waals surface area contributed by atoms with Gasteiger partial charge in [-0.05, 0) is 55.2 Å². The van der Waals surface area contributed by atoms with E-state index in [0.29, 0.717) is 5.56 Å². The Labute approximate surface area is 111 Å². The van der Waals surface area contributed by atoms with Crippen molar-refractivity contribution in [1.82, 2.24) is 5.32 Å². The fourth-order valence-electron chi connectivity index (χ4n) is 1.96. The van der Waals surface area contributed by atoms with E-state index in [1.807, 2.05) is 19.1 Å². The maximum absolute atomic E-state index is 13.2. The van der Waals surface area contributed by atoms with E-state index in [9.17, 15) is 4.39 Å². The highest BCUT2D eigenvalue weighted by molar-refractivity contribution is 7.15. The predicted octanol–water partition coefficient (Wildman–Crippen LogP) is 4.11. The first kappa shape index (κ1) is 11.9. The van der Waals surface area contributed by atoms with Crippen molar-refractivity contribution in [2.24, 2.45) is 0 Å². The van der Waals surface area contributed by atoms with Crippen molar-refractivity contribution in [2.45, 2.75) is 32.4 Å². The Balaban J connectivity index is 1.76. The molecular formula is C15H16FNS. The van der Waals surface area contributed by atoms with Crippen LogP contribution in [0.5, 0.6) is 0 Å². The molecule has 1 nitrogen and oxygen atoms in total. The van der Waals surface area contributed by atoms with Crippen LogP contribution >= 0.6 is 11.3 Å². The summed E-state index contributed by atoms with van der Waals surface area (Å²) in [7, 11) is 0. The molecular weight excluding hydrogens is 245 g/mol. The molecule has 0 spiro atoms. The molecule has 2 aromatic rings. The highest BCUT2D eigenvalue weighted by Gasteiger charge is 2.20. The molecule has 1 aliphatic carbocycles. The van der Waals surface area contributed by atoms with Crippen molar-refractivity contribution < 1.29 is 4.39 Å². The molecule has 0 unspecified atom stereocenters. The predicted molar refractivity (Wildman–Crippen MR) is 74.3 cm³/mol. The maximum Gasteiger partial charge on any atom is 0.126 e. The fourth-order valence-corrected chi connectivity index (χ4v) is 2.91. The minimum atomic E-state index is -0.133. The number of hydrogen-bond acceptors (Lipinski definition) is 2. The summed E-state index contributed by atoms with van der Waals surface area (Å²) in [5.74, 6) is -0.133. The van der Waals surface area contributed by atoms with Crippen molar-refractivity contribution in [1.29, 1.82) is 0 Å². The third-order valence-electron chi connectivity index (χ3n) is 3.25. The van der Waals surface area contributed by atoms with Gasteiger partial charge < -0.3 is 5.32 Å². The lowest BCUT2D eigenvalue weighted by atomic mass is 10.1. The molecule has 0 atom stereocenters. The van der Waals surface area contributed by atoms with Gasteiger partial charge in [0.15, 0.2) is 0 Å². The van der Waals surface area contributed by atoms with Crippen LogP contribution in [0.3, 0.4) is 0 Å². The smallest absolute Gasteiger partial charge is 0.126 e. The summed E-state index contributed by atoms with van der Waals surface area (Å²) in [6, 6.07) is 10.3. The molecule has 0 amide bonds. The molecule has 0 aliphatic heterocycles. The molecule has 1 saturated carbocycles. The second-order valence-corrected chi connectivity index (χ2v) is 6.05. The zero-order valence-corrected chi connectivity index (χ0v) is 11.2. The Bertz CT molecular complexity index is 557. The number of benzene rings is 1. The highest BCUT2D eigenvalue weighted by atomic mass is 32.1. The molecule has 0 saturated heterocycles. The summed E-state index contributed by atoms with van der Waals surface area (Å²) >= 11 is 1.79. The zero-order valence-electron chi connectivity index (χ0n) is 10.4. The summed E-state index contributed by atoms with van der Waals surface area (Å²) in [4.78, 5) is 2.56. The molecule has 1 fully saturated rings. The van der Waals surface area contributed by atoms with Crippen LogP contribution in [-0.4, -0.2) is 6.04 Å². The number of thiophene rings is 1. The summed E-state index contributed by atoms with van der Waals surface area (Å²) in [6.45, 7) is 2.76. The first-order chi connectivity index (χ1) is 8.72. The summed E-state index contributed by atoms with van der Waals surface area (Å²) < 4.78 is 13.2. The quantitative estimate of drug-likeness (QED) is 0.873. The summed E-state index contributed by atoms with van der Waals surface area (Å²) in [5, 5.41) is 3.51. The summed E-state index contributed by atoms with van der Waals surface area (Å²) in [6.07, 6.45) is 2.63. The second kappa shape index (κ2) is 4.82. The molecule has 18 heavy (non-hydrogen) atoms. The van der Waals surface area contributed by atoms with Crippen LogP contribution in [-0.2, 0) is 6.54 Å². The number of rotatable bonds is 4. The number of halogens is 1. The molecule has 0 bridgehead atoms. The van der Waals surface area contributed by atoms with Gasteiger partial charge in [-0.2, -0.15) is 0 Å². The normalized spacial score (nSPS) is 15.0. The molecule has 1 N–H and O–H groups in total. The molecule has 94 valence electrons. The van der Waals surface area contributed by atoms with Crippen LogP contribution in [0, 0.1) is 12.7 Å².